The second-order valence-electron chi connectivity index (χ2n) is 3.87. The average molecular weight is 241 g/mol. The van der Waals surface area contributed by atoms with Gasteiger partial charge in [-0.05, 0) is 30.3 Å². The van der Waals surface area contributed by atoms with Crippen LogP contribution in [0, 0.1) is 0 Å². The molecule has 0 atom stereocenters. The molecule has 17 heavy (non-hydrogen) atoms. The van der Waals surface area contributed by atoms with E-state index in [2.05, 4.69) is 4.98 Å². The second kappa shape index (κ2) is 3.75. The van der Waals surface area contributed by atoms with E-state index in [0.29, 0.717) is 0 Å². The van der Waals surface area contributed by atoms with Gasteiger partial charge in [0.15, 0.2) is 0 Å². The summed E-state index contributed by atoms with van der Waals surface area (Å²) in [5.41, 5.74) is 15.0. The summed E-state index contributed by atoms with van der Waals surface area (Å²) in [4.78, 5) is 4.57. The van der Waals surface area contributed by atoms with Crippen molar-refractivity contribution in [3.8, 4) is 10.6 Å². The van der Waals surface area contributed by atoms with Crippen molar-refractivity contribution in [2.75, 3.05) is 11.5 Å². The predicted molar refractivity (Wildman–Crippen MR) is 73.9 cm³/mol. The highest BCUT2D eigenvalue weighted by atomic mass is 32.1. The average Bonchev–Trinajstić information content (AvgIpc) is 2.72. The number of thiazole rings is 1. The molecule has 0 aliphatic heterocycles. The lowest BCUT2D eigenvalue weighted by Gasteiger charge is -1.96. The van der Waals surface area contributed by atoms with Gasteiger partial charge in [-0.2, -0.15) is 0 Å². The van der Waals surface area contributed by atoms with Crippen LogP contribution in [0.1, 0.15) is 0 Å². The third-order valence-corrected chi connectivity index (χ3v) is 3.63. The van der Waals surface area contributed by atoms with Crippen molar-refractivity contribution >= 4 is 32.9 Å². The van der Waals surface area contributed by atoms with Crippen LogP contribution in [0.5, 0.6) is 0 Å². The van der Waals surface area contributed by atoms with Crippen molar-refractivity contribution in [2.24, 2.45) is 0 Å². The molecule has 1 heterocycles. The Morgan fingerprint density at radius 1 is 0.941 bits per heavy atom. The maximum atomic E-state index is 5.77. The van der Waals surface area contributed by atoms with Gasteiger partial charge in [-0.3, -0.25) is 0 Å². The van der Waals surface area contributed by atoms with E-state index in [1.54, 1.807) is 11.3 Å². The summed E-state index contributed by atoms with van der Waals surface area (Å²) in [6.45, 7) is 0. The van der Waals surface area contributed by atoms with Gasteiger partial charge < -0.3 is 11.5 Å². The van der Waals surface area contributed by atoms with Crippen LogP contribution in [-0.2, 0) is 0 Å². The summed E-state index contributed by atoms with van der Waals surface area (Å²) < 4.78 is 1.14. The number of nitrogens with two attached hydrogens (primary N) is 2. The van der Waals surface area contributed by atoms with Crippen LogP contribution in [0.25, 0.3) is 20.8 Å². The molecule has 0 spiro atoms. The van der Waals surface area contributed by atoms with Crippen molar-refractivity contribution in [3.05, 3.63) is 42.5 Å². The van der Waals surface area contributed by atoms with E-state index in [0.717, 1.165) is 32.2 Å². The highest BCUT2D eigenvalue weighted by Gasteiger charge is 2.06. The first-order chi connectivity index (χ1) is 8.22. The summed E-state index contributed by atoms with van der Waals surface area (Å²) in [5, 5.41) is 0.970. The van der Waals surface area contributed by atoms with Crippen molar-refractivity contribution in [1.29, 1.82) is 0 Å². The molecule has 84 valence electrons. The number of aromatic nitrogens is 1. The first kappa shape index (κ1) is 10.1. The molecule has 0 fully saturated rings. The van der Waals surface area contributed by atoms with Crippen LogP contribution in [-0.4, -0.2) is 4.98 Å². The zero-order valence-electron chi connectivity index (χ0n) is 9.05. The van der Waals surface area contributed by atoms with Gasteiger partial charge in [0.05, 0.1) is 10.2 Å². The standard InChI is InChI=1S/C13H11N3S/c14-9-3-1-2-8(6-9)13-16-11-7-10(15)4-5-12(11)17-13/h1-7H,14-15H2. The first-order valence-electron chi connectivity index (χ1n) is 5.24. The van der Waals surface area contributed by atoms with E-state index >= 15 is 0 Å². The fourth-order valence-electron chi connectivity index (χ4n) is 1.74. The summed E-state index contributed by atoms with van der Waals surface area (Å²) in [5.74, 6) is 0. The summed E-state index contributed by atoms with van der Waals surface area (Å²) in [6, 6.07) is 13.5. The SMILES string of the molecule is Nc1cccc(-c2nc3cc(N)ccc3s2)c1. The fourth-order valence-corrected chi connectivity index (χ4v) is 2.68. The number of nitrogen functional groups attached to an aromatic ring is 2. The van der Waals surface area contributed by atoms with Gasteiger partial charge in [0, 0.05) is 16.9 Å². The van der Waals surface area contributed by atoms with Crippen molar-refractivity contribution < 1.29 is 0 Å². The van der Waals surface area contributed by atoms with E-state index in [4.69, 9.17) is 11.5 Å². The van der Waals surface area contributed by atoms with E-state index in [1.165, 1.54) is 0 Å². The van der Waals surface area contributed by atoms with E-state index < -0.39 is 0 Å². The maximum absolute atomic E-state index is 5.77. The Labute approximate surface area is 103 Å². The van der Waals surface area contributed by atoms with Crippen LogP contribution < -0.4 is 11.5 Å². The minimum Gasteiger partial charge on any atom is -0.399 e. The highest BCUT2D eigenvalue weighted by molar-refractivity contribution is 7.21. The quantitative estimate of drug-likeness (QED) is 0.643. The normalized spacial score (nSPS) is 10.8. The third kappa shape index (κ3) is 1.83. The molecule has 0 unspecified atom stereocenters. The molecule has 3 aromatic rings. The molecule has 0 amide bonds. The Morgan fingerprint density at radius 2 is 1.76 bits per heavy atom. The van der Waals surface area contributed by atoms with Gasteiger partial charge in [0.1, 0.15) is 5.01 Å². The molecule has 3 nitrogen and oxygen atoms in total. The molecule has 0 aliphatic carbocycles. The molecule has 0 radical (unpaired) electrons. The van der Waals surface area contributed by atoms with Gasteiger partial charge >= 0.3 is 0 Å². The zero-order valence-corrected chi connectivity index (χ0v) is 9.87. The number of rotatable bonds is 1. The molecule has 0 aliphatic rings. The Kier molecular flexibility index (Phi) is 2.23. The topological polar surface area (TPSA) is 64.9 Å². The zero-order chi connectivity index (χ0) is 11.8. The fraction of sp³-hybridized carbons (Fsp3) is 0. The Balaban J connectivity index is 2.18. The number of hydrogen-bond donors (Lipinski definition) is 2. The minimum absolute atomic E-state index is 0.738. The second-order valence-corrected chi connectivity index (χ2v) is 4.90. The van der Waals surface area contributed by atoms with E-state index in [-0.39, 0.29) is 0 Å². The molecule has 4 heteroatoms. The monoisotopic (exact) mass is 241 g/mol. The summed E-state index contributed by atoms with van der Waals surface area (Å²) >= 11 is 1.65. The van der Waals surface area contributed by atoms with E-state index in [9.17, 15) is 0 Å². The largest absolute Gasteiger partial charge is 0.399 e. The van der Waals surface area contributed by atoms with Gasteiger partial charge in [0.2, 0.25) is 0 Å². The van der Waals surface area contributed by atoms with Crippen LogP contribution in [0.2, 0.25) is 0 Å². The van der Waals surface area contributed by atoms with E-state index in [1.807, 2.05) is 42.5 Å². The molecular weight excluding hydrogens is 230 g/mol. The Hall–Kier alpha value is -2.07. The molecule has 3 rings (SSSR count). The van der Waals surface area contributed by atoms with Crippen LogP contribution in [0.4, 0.5) is 11.4 Å². The molecular formula is C13H11N3S. The maximum Gasteiger partial charge on any atom is 0.124 e. The number of benzene rings is 2. The molecule has 1 aromatic heterocycles. The molecule has 2 aromatic carbocycles. The lowest BCUT2D eigenvalue weighted by molar-refractivity contribution is 1.48. The van der Waals surface area contributed by atoms with Crippen molar-refractivity contribution in [3.63, 3.8) is 0 Å². The lowest BCUT2D eigenvalue weighted by atomic mass is 10.2. The van der Waals surface area contributed by atoms with Gasteiger partial charge in [-0.1, -0.05) is 12.1 Å². The van der Waals surface area contributed by atoms with Crippen LogP contribution >= 0.6 is 11.3 Å². The number of fused-ring (bicyclic) bond motifs is 1. The Bertz CT molecular complexity index is 688. The van der Waals surface area contributed by atoms with Crippen LogP contribution in [0.15, 0.2) is 42.5 Å². The predicted octanol–water partition coefficient (Wildman–Crippen LogP) is 3.13. The van der Waals surface area contributed by atoms with Crippen LogP contribution in [0.3, 0.4) is 0 Å². The minimum atomic E-state index is 0.738. The van der Waals surface area contributed by atoms with Gasteiger partial charge in [0.25, 0.3) is 0 Å². The smallest absolute Gasteiger partial charge is 0.124 e. The summed E-state index contributed by atoms with van der Waals surface area (Å²) in [6.07, 6.45) is 0. The van der Waals surface area contributed by atoms with Crippen molar-refractivity contribution in [1.82, 2.24) is 4.98 Å². The number of anilines is 2. The first-order valence-corrected chi connectivity index (χ1v) is 6.06. The van der Waals surface area contributed by atoms with Crippen molar-refractivity contribution in [2.45, 2.75) is 0 Å². The number of nitrogens with zero attached hydrogens (tertiary/aromatic N) is 1. The lowest BCUT2D eigenvalue weighted by Crippen LogP contribution is -1.84. The van der Waals surface area contributed by atoms with Gasteiger partial charge in [-0.25, -0.2) is 4.98 Å². The Morgan fingerprint density at radius 3 is 2.59 bits per heavy atom. The summed E-state index contributed by atoms with van der Waals surface area (Å²) in [7, 11) is 0. The molecule has 0 saturated carbocycles. The highest BCUT2D eigenvalue weighted by Crippen LogP contribution is 2.31. The third-order valence-electron chi connectivity index (χ3n) is 2.55. The molecule has 0 saturated heterocycles. The molecule has 0 bridgehead atoms. The molecule has 4 N–H and O–H groups in total. The van der Waals surface area contributed by atoms with Gasteiger partial charge in [-0.15, -0.1) is 11.3 Å². The number of hydrogen-bond acceptors (Lipinski definition) is 4.